The maximum atomic E-state index is 13.0. The van der Waals surface area contributed by atoms with Crippen LogP contribution in [0.4, 0.5) is 4.39 Å². The lowest BCUT2D eigenvalue weighted by Gasteiger charge is -2.34. The van der Waals surface area contributed by atoms with Gasteiger partial charge < -0.3 is 5.32 Å². The molecular formula is C19H30FN. The topological polar surface area (TPSA) is 12.0 Å². The number of hydrogen-bond acceptors (Lipinski definition) is 1. The third-order valence-corrected chi connectivity index (χ3v) is 5.06. The SMILES string of the molecule is CCCNC(Cc1ccc(F)cc1)C1CCC(CC)CC1. The Hall–Kier alpha value is -0.890. The van der Waals surface area contributed by atoms with Crippen LogP contribution in [0.2, 0.25) is 0 Å². The zero-order chi connectivity index (χ0) is 15.1. The van der Waals surface area contributed by atoms with Crippen molar-refractivity contribution in [1.29, 1.82) is 0 Å². The average molecular weight is 291 g/mol. The summed E-state index contributed by atoms with van der Waals surface area (Å²) < 4.78 is 13.0. The van der Waals surface area contributed by atoms with E-state index in [-0.39, 0.29) is 5.82 Å². The molecule has 1 aromatic carbocycles. The van der Waals surface area contributed by atoms with Gasteiger partial charge in [-0.15, -0.1) is 0 Å². The average Bonchev–Trinajstić information content (AvgIpc) is 2.53. The monoisotopic (exact) mass is 291 g/mol. The summed E-state index contributed by atoms with van der Waals surface area (Å²) in [6.07, 6.45) is 9.00. The molecule has 0 aliphatic heterocycles. The number of nitrogens with one attached hydrogen (secondary N) is 1. The van der Waals surface area contributed by atoms with Crippen LogP contribution in [0.15, 0.2) is 24.3 Å². The standard InChI is InChI=1S/C19H30FN/c1-3-13-21-19(14-16-7-11-18(20)12-8-16)17-9-5-15(4-2)6-10-17/h7-8,11-12,15,17,19,21H,3-6,9-10,13-14H2,1-2H3. The first-order chi connectivity index (χ1) is 10.2. The van der Waals surface area contributed by atoms with Gasteiger partial charge in [0.05, 0.1) is 0 Å². The number of benzene rings is 1. The van der Waals surface area contributed by atoms with Crippen LogP contribution in [0.5, 0.6) is 0 Å². The van der Waals surface area contributed by atoms with Crippen LogP contribution in [-0.2, 0) is 6.42 Å². The van der Waals surface area contributed by atoms with Gasteiger partial charge in [0.1, 0.15) is 5.82 Å². The van der Waals surface area contributed by atoms with E-state index in [1.807, 2.05) is 12.1 Å². The van der Waals surface area contributed by atoms with Crippen molar-refractivity contribution in [2.24, 2.45) is 11.8 Å². The van der Waals surface area contributed by atoms with E-state index in [0.29, 0.717) is 6.04 Å². The highest BCUT2D eigenvalue weighted by atomic mass is 19.1. The van der Waals surface area contributed by atoms with Crippen LogP contribution in [0.25, 0.3) is 0 Å². The van der Waals surface area contributed by atoms with Crippen molar-refractivity contribution in [3.8, 4) is 0 Å². The summed E-state index contributed by atoms with van der Waals surface area (Å²) in [5.41, 5.74) is 1.25. The molecule has 1 aliphatic carbocycles. The van der Waals surface area contributed by atoms with Crippen LogP contribution in [-0.4, -0.2) is 12.6 Å². The van der Waals surface area contributed by atoms with Gasteiger partial charge in [-0.25, -0.2) is 4.39 Å². The minimum atomic E-state index is -0.139. The first-order valence-corrected chi connectivity index (χ1v) is 8.70. The van der Waals surface area contributed by atoms with Crippen LogP contribution in [0, 0.1) is 17.7 Å². The van der Waals surface area contributed by atoms with Gasteiger partial charge in [-0.3, -0.25) is 0 Å². The Bertz CT molecular complexity index is 393. The summed E-state index contributed by atoms with van der Waals surface area (Å²) in [7, 11) is 0. The van der Waals surface area contributed by atoms with Gasteiger partial charge in [0, 0.05) is 6.04 Å². The second-order valence-corrected chi connectivity index (χ2v) is 6.58. The number of hydrogen-bond donors (Lipinski definition) is 1. The Morgan fingerprint density at radius 2 is 1.76 bits per heavy atom. The Kier molecular flexibility index (Phi) is 6.69. The van der Waals surface area contributed by atoms with E-state index >= 15 is 0 Å². The van der Waals surface area contributed by atoms with E-state index < -0.39 is 0 Å². The fourth-order valence-electron chi connectivity index (χ4n) is 3.61. The molecular weight excluding hydrogens is 261 g/mol. The minimum Gasteiger partial charge on any atom is -0.313 e. The van der Waals surface area contributed by atoms with E-state index in [2.05, 4.69) is 19.2 Å². The number of rotatable bonds is 7. The van der Waals surface area contributed by atoms with E-state index in [4.69, 9.17) is 0 Å². The lowest BCUT2D eigenvalue weighted by Crippen LogP contribution is -2.40. The summed E-state index contributed by atoms with van der Waals surface area (Å²) in [6, 6.07) is 7.59. The zero-order valence-electron chi connectivity index (χ0n) is 13.6. The second-order valence-electron chi connectivity index (χ2n) is 6.58. The highest BCUT2D eigenvalue weighted by molar-refractivity contribution is 5.17. The smallest absolute Gasteiger partial charge is 0.123 e. The van der Waals surface area contributed by atoms with Gasteiger partial charge >= 0.3 is 0 Å². The van der Waals surface area contributed by atoms with E-state index in [1.54, 1.807) is 12.1 Å². The quantitative estimate of drug-likeness (QED) is 0.749. The van der Waals surface area contributed by atoms with Gasteiger partial charge in [-0.05, 0) is 61.8 Å². The largest absolute Gasteiger partial charge is 0.313 e. The fraction of sp³-hybridized carbons (Fsp3) is 0.684. The van der Waals surface area contributed by atoms with Gasteiger partial charge in [0.15, 0.2) is 0 Å². The highest BCUT2D eigenvalue weighted by Gasteiger charge is 2.26. The molecule has 2 rings (SSSR count). The summed E-state index contributed by atoms with van der Waals surface area (Å²) in [6.45, 7) is 5.62. The molecule has 0 aromatic heterocycles. The molecule has 118 valence electrons. The van der Waals surface area contributed by atoms with Gasteiger partial charge in [-0.1, -0.05) is 45.2 Å². The summed E-state index contributed by atoms with van der Waals surface area (Å²) in [5.74, 6) is 1.59. The lowest BCUT2D eigenvalue weighted by molar-refractivity contribution is 0.216. The van der Waals surface area contributed by atoms with E-state index in [1.165, 1.54) is 44.1 Å². The molecule has 21 heavy (non-hydrogen) atoms. The molecule has 0 radical (unpaired) electrons. The lowest BCUT2D eigenvalue weighted by atomic mass is 9.76. The minimum absolute atomic E-state index is 0.139. The molecule has 1 nitrogen and oxygen atoms in total. The fourth-order valence-corrected chi connectivity index (χ4v) is 3.61. The van der Waals surface area contributed by atoms with Crippen LogP contribution < -0.4 is 5.32 Å². The molecule has 0 saturated heterocycles. The van der Waals surface area contributed by atoms with E-state index in [0.717, 1.165) is 24.8 Å². The Balaban J connectivity index is 1.95. The van der Waals surface area contributed by atoms with Crippen molar-refractivity contribution in [3.05, 3.63) is 35.6 Å². The maximum absolute atomic E-state index is 13.0. The third-order valence-electron chi connectivity index (χ3n) is 5.06. The molecule has 1 unspecified atom stereocenters. The van der Waals surface area contributed by atoms with Crippen molar-refractivity contribution in [3.63, 3.8) is 0 Å². The molecule has 0 heterocycles. The molecule has 1 fully saturated rings. The molecule has 1 N–H and O–H groups in total. The maximum Gasteiger partial charge on any atom is 0.123 e. The first kappa shape index (κ1) is 16.5. The summed E-state index contributed by atoms with van der Waals surface area (Å²) in [5, 5.41) is 3.74. The third kappa shape index (κ3) is 5.10. The highest BCUT2D eigenvalue weighted by Crippen LogP contribution is 2.33. The Morgan fingerprint density at radius 1 is 1.10 bits per heavy atom. The number of halogens is 1. The van der Waals surface area contributed by atoms with Crippen LogP contribution in [0.3, 0.4) is 0 Å². The van der Waals surface area contributed by atoms with Gasteiger partial charge in [0.25, 0.3) is 0 Å². The summed E-state index contributed by atoms with van der Waals surface area (Å²) in [4.78, 5) is 0. The molecule has 0 amide bonds. The van der Waals surface area contributed by atoms with Crippen molar-refractivity contribution < 1.29 is 4.39 Å². The Morgan fingerprint density at radius 3 is 2.33 bits per heavy atom. The molecule has 1 aliphatic rings. The van der Waals surface area contributed by atoms with Gasteiger partial charge in [0.2, 0.25) is 0 Å². The molecule has 2 heteroatoms. The predicted octanol–water partition coefficient (Wildman–Crippen LogP) is 4.95. The zero-order valence-corrected chi connectivity index (χ0v) is 13.6. The molecule has 0 spiro atoms. The van der Waals surface area contributed by atoms with Crippen molar-refractivity contribution in [2.75, 3.05) is 6.54 Å². The normalized spacial score (nSPS) is 24.0. The summed E-state index contributed by atoms with van der Waals surface area (Å²) >= 11 is 0. The van der Waals surface area contributed by atoms with Gasteiger partial charge in [-0.2, -0.15) is 0 Å². The second kappa shape index (κ2) is 8.53. The van der Waals surface area contributed by atoms with Crippen LogP contribution in [0.1, 0.15) is 57.9 Å². The van der Waals surface area contributed by atoms with Crippen molar-refractivity contribution in [1.82, 2.24) is 5.32 Å². The molecule has 1 atom stereocenters. The molecule has 1 saturated carbocycles. The van der Waals surface area contributed by atoms with Crippen molar-refractivity contribution in [2.45, 2.75) is 64.8 Å². The predicted molar refractivity (Wildman–Crippen MR) is 87.9 cm³/mol. The van der Waals surface area contributed by atoms with Crippen LogP contribution >= 0.6 is 0 Å². The first-order valence-electron chi connectivity index (χ1n) is 8.70. The van der Waals surface area contributed by atoms with E-state index in [9.17, 15) is 4.39 Å². The molecule has 0 bridgehead atoms. The molecule has 1 aromatic rings. The van der Waals surface area contributed by atoms with Crippen molar-refractivity contribution >= 4 is 0 Å². The Labute approximate surface area is 129 Å².